The number of piperazine rings is 1. The molecule has 0 N–H and O–H groups in total. The Hall–Kier alpha value is -3.33. The summed E-state index contributed by atoms with van der Waals surface area (Å²) in [5.74, 6) is -3.48. The fraction of sp³-hybridized carbons (Fsp3) is 0.448. The Morgan fingerprint density at radius 1 is 0.842 bits per heavy atom. The fourth-order valence-corrected chi connectivity index (χ4v) is 5.35. The number of nitrogens with zero attached hydrogens (tertiary/aromatic N) is 4. The second-order valence-corrected chi connectivity index (χ2v) is 10.6. The smallest absolute Gasteiger partial charge is 0.270 e. The molecule has 0 aliphatic carbocycles. The largest absolute Gasteiger partial charge is 0.337 e. The van der Waals surface area contributed by atoms with Crippen LogP contribution in [0.4, 0.5) is 13.2 Å². The highest BCUT2D eigenvalue weighted by Gasteiger charge is 2.36. The van der Waals surface area contributed by atoms with Gasteiger partial charge in [0, 0.05) is 81.2 Å². The maximum Gasteiger partial charge on any atom is 0.270 e. The number of amides is 2. The number of piperidine rings is 1. The summed E-state index contributed by atoms with van der Waals surface area (Å²) in [5, 5.41) is 0.726. The third kappa shape index (κ3) is 5.43. The predicted molar refractivity (Wildman–Crippen MR) is 140 cm³/mol. The number of halogens is 3. The zero-order chi connectivity index (χ0) is 27.0. The number of benzene rings is 2. The standard InChI is InChI=1S/C29H33F3N4O2/c1-20(2)33-13-15-35(16-14-33)27(37)22-5-8-25-23(17-22)18-26(28(38)34-11-9-29(31,32)10-12-34)36(25)19-21-3-6-24(30)7-4-21/h3-8,17-18,20H,9-16,19H2,1-2H3. The van der Waals surface area contributed by atoms with Gasteiger partial charge < -0.3 is 14.4 Å². The average Bonchev–Trinajstić information content (AvgIpc) is 3.26. The van der Waals surface area contributed by atoms with Crippen LogP contribution in [0, 0.1) is 5.82 Å². The van der Waals surface area contributed by atoms with Crippen LogP contribution in [0.15, 0.2) is 48.5 Å². The highest BCUT2D eigenvalue weighted by Crippen LogP contribution is 2.30. The van der Waals surface area contributed by atoms with Crippen LogP contribution in [0.1, 0.15) is 53.1 Å². The molecule has 202 valence electrons. The van der Waals surface area contributed by atoms with Crippen molar-refractivity contribution in [1.29, 1.82) is 0 Å². The van der Waals surface area contributed by atoms with Crippen molar-refractivity contribution in [3.05, 3.63) is 71.2 Å². The van der Waals surface area contributed by atoms with Gasteiger partial charge >= 0.3 is 0 Å². The lowest BCUT2D eigenvalue weighted by Crippen LogP contribution is -2.50. The van der Waals surface area contributed by atoms with Gasteiger partial charge in [0.1, 0.15) is 11.5 Å². The second-order valence-electron chi connectivity index (χ2n) is 10.6. The molecule has 2 aromatic carbocycles. The van der Waals surface area contributed by atoms with E-state index in [0.29, 0.717) is 36.9 Å². The average molecular weight is 527 g/mol. The number of hydrogen-bond acceptors (Lipinski definition) is 3. The van der Waals surface area contributed by atoms with Gasteiger partial charge in [0.25, 0.3) is 17.7 Å². The Morgan fingerprint density at radius 2 is 1.47 bits per heavy atom. The molecule has 5 rings (SSSR count). The van der Waals surface area contributed by atoms with Crippen LogP contribution in [0.2, 0.25) is 0 Å². The van der Waals surface area contributed by atoms with Gasteiger partial charge in [-0.15, -0.1) is 0 Å². The first kappa shape index (κ1) is 26.3. The second kappa shape index (κ2) is 10.4. The first-order valence-electron chi connectivity index (χ1n) is 13.2. The van der Waals surface area contributed by atoms with Crippen LogP contribution in [-0.4, -0.2) is 82.3 Å². The summed E-state index contributed by atoms with van der Waals surface area (Å²) >= 11 is 0. The maximum absolute atomic E-state index is 13.7. The van der Waals surface area contributed by atoms with Crippen molar-refractivity contribution in [1.82, 2.24) is 19.3 Å². The molecule has 0 spiro atoms. The maximum atomic E-state index is 13.7. The summed E-state index contributed by atoms with van der Waals surface area (Å²) in [5.41, 5.74) is 2.46. The van der Waals surface area contributed by atoms with E-state index in [2.05, 4.69) is 18.7 Å². The minimum atomic E-state index is -2.76. The number of fused-ring (bicyclic) bond motifs is 1. The summed E-state index contributed by atoms with van der Waals surface area (Å²) in [4.78, 5) is 32.5. The van der Waals surface area contributed by atoms with Crippen molar-refractivity contribution in [3.63, 3.8) is 0 Å². The third-order valence-corrected chi connectivity index (χ3v) is 7.74. The van der Waals surface area contributed by atoms with Crippen LogP contribution < -0.4 is 0 Å². The van der Waals surface area contributed by atoms with Gasteiger partial charge in [0.05, 0.1) is 0 Å². The van der Waals surface area contributed by atoms with E-state index >= 15 is 0 Å². The summed E-state index contributed by atoms with van der Waals surface area (Å²) in [6, 6.07) is 13.6. The molecule has 1 aromatic heterocycles. The van der Waals surface area contributed by atoms with E-state index in [1.165, 1.54) is 17.0 Å². The molecule has 2 amide bonds. The SMILES string of the molecule is CC(C)N1CCN(C(=O)c2ccc3c(c2)cc(C(=O)N2CCC(F)(F)CC2)n3Cc2ccc(F)cc2)CC1. The van der Waals surface area contributed by atoms with Gasteiger partial charge in [-0.3, -0.25) is 14.5 Å². The quantitative estimate of drug-likeness (QED) is 0.477. The topological polar surface area (TPSA) is 48.8 Å². The molecular formula is C29H33F3N4O2. The van der Waals surface area contributed by atoms with Crippen molar-refractivity contribution >= 4 is 22.7 Å². The third-order valence-electron chi connectivity index (χ3n) is 7.74. The number of carbonyl (C=O) groups is 2. The van der Waals surface area contributed by atoms with E-state index in [-0.39, 0.29) is 43.6 Å². The number of alkyl halides is 2. The molecule has 0 unspecified atom stereocenters. The molecule has 2 aliphatic rings. The first-order chi connectivity index (χ1) is 18.1. The van der Waals surface area contributed by atoms with Crippen molar-refractivity contribution in [2.24, 2.45) is 0 Å². The Kier molecular flexibility index (Phi) is 7.22. The highest BCUT2D eigenvalue weighted by molar-refractivity contribution is 6.02. The minimum absolute atomic E-state index is 0.0179. The monoisotopic (exact) mass is 526 g/mol. The summed E-state index contributed by atoms with van der Waals surface area (Å²) < 4.78 is 42.8. The lowest BCUT2D eigenvalue weighted by Gasteiger charge is -2.37. The Balaban J connectivity index is 1.45. The van der Waals surface area contributed by atoms with Gasteiger partial charge in [0.2, 0.25) is 0 Å². The van der Waals surface area contributed by atoms with Gasteiger partial charge in [-0.25, -0.2) is 13.2 Å². The van der Waals surface area contributed by atoms with Crippen molar-refractivity contribution in [2.75, 3.05) is 39.3 Å². The fourth-order valence-electron chi connectivity index (χ4n) is 5.35. The van der Waals surface area contributed by atoms with E-state index < -0.39 is 5.92 Å². The molecule has 0 saturated carbocycles. The molecule has 2 saturated heterocycles. The molecule has 2 fully saturated rings. The molecule has 0 atom stereocenters. The van der Waals surface area contributed by atoms with Crippen molar-refractivity contribution in [2.45, 2.75) is 45.2 Å². The van der Waals surface area contributed by atoms with E-state index in [9.17, 15) is 22.8 Å². The van der Waals surface area contributed by atoms with Crippen molar-refractivity contribution < 1.29 is 22.8 Å². The number of hydrogen-bond donors (Lipinski definition) is 0. The first-order valence-corrected chi connectivity index (χ1v) is 13.2. The van der Waals surface area contributed by atoms with E-state index in [1.807, 2.05) is 15.5 Å². The number of aromatic nitrogens is 1. The normalized spacial score (nSPS) is 18.4. The molecular weight excluding hydrogens is 493 g/mol. The van der Waals surface area contributed by atoms with Gasteiger partial charge in [-0.2, -0.15) is 0 Å². The van der Waals surface area contributed by atoms with E-state index in [0.717, 1.165) is 29.6 Å². The molecule has 6 nitrogen and oxygen atoms in total. The van der Waals surface area contributed by atoms with Gasteiger partial charge in [-0.05, 0) is 55.8 Å². The molecule has 2 aliphatic heterocycles. The Labute approximate surface area is 220 Å². The predicted octanol–water partition coefficient (Wildman–Crippen LogP) is 4.87. The van der Waals surface area contributed by atoms with E-state index in [1.54, 1.807) is 30.3 Å². The zero-order valence-electron chi connectivity index (χ0n) is 21.8. The molecule has 0 bridgehead atoms. The lowest BCUT2D eigenvalue weighted by molar-refractivity contribution is -0.0495. The number of likely N-dealkylation sites (tertiary alicyclic amines) is 1. The Morgan fingerprint density at radius 3 is 2.11 bits per heavy atom. The van der Waals surface area contributed by atoms with Crippen molar-refractivity contribution in [3.8, 4) is 0 Å². The summed E-state index contributed by atoms with van der Waals surface area (Å²) in [6.07, 6.45) is -0.723. The van der Waals surface area contributed by atoms with Crippen LogP contribution in [0.25, 0.3) is 10.9 Å². The Bertz CT molecular complexity index is 1320. The highest BCUT2D eigenvalue weighted by atomic mass is 19.3. The molecule has 9 heteroatoms. The van der Waals surface area contributed by atoms with Gasteiger partial charge in [-0.1, -0.05) is 12.1 Å². The lowest BCUT2D eigenvalue weighted by atomic mass is 10.1. The number of rotatable bonds is 5. The minimum Gasteiger partial charge on any atom is -0.337 e. The van der Waals surface area contributed by atoms with Crippen LogP contribution >= 0.6 is 0 Å². The molecule has 0 radical (unpaired) electrons. The number of carbonyl (C=O) groups excluding carboxylic acids is 2. The van der Waals surface area contributed by atoms with Crippen LogP contribution in [0.5, 0.6) is 0 Å². The van der Waals surface area contributed by atoms with Crippen LogP contribution in [0.3, 0.4) is 0 Å². The zero-order valence-corrected chi connectivity index (χ0v) is 21.8. The van der Waals surface area contributed by atoms with E-state index in [4.69, 9.17) is 0 Å². The van der Waals surface area contributed by atoms with Crippen LogP contribution in [-0.2, 0) is 6.54 Å². The molecule has 3 aromatic rings. The van der Waals surface area contributed by atoms with Gasteiger partial charge in [0.15, 0.2) is 0 Å². The summed E-state index contributed by atoms with van der Waals surface area (Å²) in [6.45, 7) is 7.53. The molecule has 38 heavy (non-hydrogen) atoms. The molecule has 3 heterocycles. The summed E-state index contributed by atoms with van der Waals surface area (Å²) in [7, 11) is 0.